The third-order valence-electron chi connectivity index (χ3n) is 3.49. The zero-order valence-electron chi connectivity index (χ0n) is 12.9. The lowest BCUT2D eigenvalue weighted by atomic mass is 10.1. The Morgan fingerprint density at radius 2 is 1.96 bits per heavy atom. The van der Waals surface area contributed by atoms with E-state index in [4.69, 9.17) is 23.2 Å². The number of pyridine rings is 1. The van der Waals surface area contributed by atoms with Gasteiger partial charge in [0, 0.05) is 35.2 Å². The number of aromatic nitrogens is 3. The van der Waals surface area contributed by atoms with Crippen molar-refractivity contribution in [3.63, 3.8) is 0 Å². The van der Waals surface area contributed by atoms with Crippen molar-refractivity contribution in [3.05, 3.63) is 76.4 Å². The molecule has 1 unspecified atom stereocenters. The highest BCUT2D eigenvalue weighted by Crippen LogP contribution is 2.23. The smallest absolute Gasteiger partial charge is 0.253 e. The van der Waals surface area contributed by atoms with E-state index in [2.05, 4.69) is 15.3 Å². The Kier molecular flexibility index (Phi) is 5.33. The first kappa shape index (κ1) is 17.4. The van der Waals surface area contributed by atoms with Crippen molar-refractivity contribution < 1.29 is 9.90 Å². The number of nitrogens with zero attached hydrogens (tertiary/aromatic N) is 3. The number of hydrogen-bond donors (Lipinski definition) is 2. The van der Waals surface area contributed by atoms with E-state index in [9.17, 15) is 9.90 Å². The quantitative estimate of drug-likeness (QED) is 0.717. The molecule has 1 aromatic carbocycles. The number of hydrogen-bond acceptors (Lipinski definition) is 4. The van der Waals surface area contributed by atoms with E-state index in [1.165, 1.54) is 18.2 Å². The first-order valence-corrected chi connectivity index (χ1v) is 8.13. The third-order valence-corrected chi connectivity index (χ3v) is 3.93. The molecule has 0 bridgehead atoms. The van der Waals surface area contributed by atoms with Crippen LogP contribution in [0.4, 0.5) is 0 Å². The predicted octanol–water partition coefficient (Wildman–Crippen LogP) is 2.92. The van der Waals surface area contributed by atoms with Crippen molar-refractivity contribution in [1.29, 1.82) is 0 Å². The molecule has 8 heteroatoms. The van der Waals surface area contributed by atoms with E-state index in [-0.39, 0.29) is 6.54 Å². The maximum atomic E-state index is 12.2. The van der Waals surface area contributed by atoms with Crippen molar-refractivity contribution in [2.24, 2.45) is 0 Å². The number of benzene rings is 1. The predicted molar refractivity (Wildman–Crippen MR) is 94.6 cm³/mol. The maximum Gasteiger partial charge on any atom is 0.253 e. The molecule has 0 saturated carbocycles. The molecule has 2 aromatic heterocycles. The third kappa shape index (κ3) is 4.36. The van der Waals surface area contributed by atoms with Gasteiger partial charge in [-0.05, 0) is 41.5 Å². The molecule has 0 spiro atoms. The van der Waals surface area contributed by atoms with Crippen LogP contribution in [0.5, 0.6) is 0 Å². The molecule has 0 aliphatic heterocycles. The molecular weight excluding hydrogens is 363 g/mol. The van der Waals surface area contributed by atoms with Crippen LogP contribution in [0.25, 0.3) is 5.82 Å². The minimum absolute atomic E-state index is 0.244. The summed E-state index contributed by atoms with van der Waals surface area (Å²) in [4.78, 5) is 20.4. The van der Waals surface area contributed by atoms with Gasteiger partial charge in [-0.3, -0.25) is 9.36 Å². The van der Waals surface area contributed by atoms with Gasteiger partial charge in [0.05, 0.1) is 0 Å². The fourth-order valence-corrected chi connectivity index (χ4v) is 2.82. The first-order valence-electron chi connectivity index (χ1n) is 7.38. The van der Waals surface area contributed by atoms with Gasteiger partial charge in [-0.15, -0.1) is 0 Å². The summed E-state index contributed by atoms with van der Waals surface area (Å²) in [6.45, 7) is 0.244. The highest BCUT2D eigenvalue weighted by molar-refractivity contribution is 6.34. The molecule has 0 fully saturated rings. The topological polar surface area (TPSA) is 80.0 Å². The minimum atomic E-state index is -1.36. The lowest BCUT2D eigenvalue weighted by Gasteiger charge is -2.13. The van der Waals surface area contributed by atoms with Crippen LogP contribution < -0.4 is 5.32 Å². The number of aliphatic hydroxyl groups excluding tert-OH is 1. The van der Waals surface area contributed by atoms with Crippen molar-refractivity contribution >= 4 is 29.1 Å². The van der Waals surface area contributed by atoms with Crippen LogP contribution in [0, 0.1) is 0 Å². The summed E-state index contributed by atoms with van der Waals surface area (Å²) in [6.07, 6.45) is 5.35. The van der Waals surface area contributed by atoms with Gasteiger partial charge >= 0.3 is 0 Å². The molecule has 0 aliphatic carbocycles. The average molecular weight is 377 g/mol. The van der Waals surface area contributed by atoms with Crippen LogP contribution in [-0.2, 0) is 11.3 Å². The monoisotopic (exact) mass is 376 g/mol. The number of imidazole rings is 1. The highest BCUT2D eigenvalue weighted by atomic mass is 35.5. The Morgan fingerprint density at radius 3 is 2.64 bits per heavy atom. The molecule has 2 heterocycles. The van der Waals surface area contributed by atoms with Crippen LogP contribution in [0.3, 0.4) is 0 Å². The number of halogens is 2. The first-order chi connectivity index (χ1) is 12.0. The lowest BCUT2D eigenvalue weighted by Crippen LogP contribution is -2.28. The van der Waals surface area contributed by atoms with Crippen molar-refractivity contribution in [1.82, 2.24) is 19.9 Å². The van der Waals surface area contributed by atoms with Gasteiger partial charge in [0.2, 0.25) is 0 Å². The second-order valence-corrected chi connectivity index (χ2v) is 6.19. The maximum absolute atomic E-state index is 12.2. The zero-order valence-corrected chi connectivity index (χ0v) is 14.4. The SMILES string of the molecule is O=C(NCc1ccnc(-n2ccnc2)c1)C(O)c1cc(Cl)cc(Cl)c1. The largest absolute Gasteiger partial charge is 0.378 e. The zero-order chi connectivity index (χ0) is 17.8. The summed E-state index contributed by atoms with van der Waals surface area (Å²) >= 11 is 11.8. The van der Waals surface area contributed by atoms with E-state index in [1.54, 1.807) is 35.6 Å². The van der Waals surface area contributed by atoms with Crippen molar-refractivity contribution in [3.8, 4) is 5.82 Å². The minimum Gasteiger partial charge on any atom is -0.378 e. The standard InChI is InChI=1S/C17H14Cl2N4O2/c18-13-6-12(7-14(19)8-13)16(24)17(25)22-9-11-1-2-21-15(5-11)23-4-3-20-10-23/h1-8,10,16,24H,9H2,(H,22,25). The Morgan fingerprint density at radius 1 is 1.20 bits per heavy atom. The number of aliphatic hydroxyl groups is 1. The van der Waals surface area contributed by atoms with Crippen molar-refractivity contribution in [2.75, 3.05) is 0 Å². The number of amides is 1. The number of rotatable bonds is 5. The van der Waals surface area contributed by atoms with E-state index in [0.29, 0.717) is 21.4 Å². The van der Waals surface area contributed by atoms with Gasteiger partial charge in [0.15, 0.2) is 6.10 Å². The number of carbonyl (C=O) groups excluding carboxylic acids is 1. The molecule has 25 heavy (non-hydrogen) atoms. The molecular formula is C17H14Cl2N4O2. The summed E-state index contributed by atoms with van der Waals surface area (Å²) in [5.74, 6) is 0.144. The summed E-state index contributed by atoms with van der Waals surface area (Å²) in [7, 11) is 0. The van der Waals surface area contributed by atoms with Gasteiger partial charge in [0.1, 0.15) is 12.1 Å². The molecule has 1 amide bonds. The molecule has 3 aromatic rings. The molecule has 1 atom stereocenters. The number of nitrogens with one attached hydrogen (secondary N) is 1. The van der Waals surface area contributed by atoms with E-state index >= 15 is 0 Å². The van der Waals surface area contributed by atoms with Crippen LogP contribution in [0.2, 0.25) is 10.0 Å². The van der Waals surface area contributed by atoms with Crippen LogP contribution in [0.1, 0.15) is 17.2 Å². The second kappa shape index (κ2) is 7.65. The van der Waals surface area contributed by atoms with Gasteiger partial charge in [0.25, 0.3) is 5.91 Å². The number of carbonyl (C=O) groups is 1. The normalized spacial score (nSPS) is 12.0. The molecule has 3 rings (SSSR count). The lowest BCUT2D eigenvalue weighted by molar-refractivity contribution is -0.129. The molecule has 128 valence electrons. The summed E-state index contributed by atoms with van der Waals surface area (Å²) < 4.78 is 1.76. The molecule has 0 aliphatic rings. The van der Waals surface area contributed by atoms with Crippen molar-refractivity contribution in [2.45, 2.75) is 12.6 Å². The van der Waals surface area contributed by atoms with Gasteiger partial charge < -0.3 is 10.4 Å². The molecule has 0 saturated heterocycles. The average Bonchev–Trinajstić information content (AvgIpc) is 3.13. The fraction of sp³-hybridized carbons (Fsp3) is 0.118. The van der Waals surface area contributed by atoms with Gasteiger partial charge in [-0.25, -0.2) is 9.97 Å². The van der Waals surface area contributed by atoms with Crippen LogP contribution in [-0.4, -0.2) is 25.5 Å². The summed E-state index contributed by atoms with van der Waals surface area (Å²) in [5.41, 5.74) is 1.17. The van der Waals surface area contributed by atoms with Gasteiger partial charge in [-0.1, -0.05) is 23.2 Å². The summed E-state index contributed by atoms with van der Waals surface area (Å²) in [5, 5.41) is 13.6. The Balaban J connectivity index is 1.67. The van der Waals surface area contributed by atoms with E-state index in [0.717, 1.165) is 5.56 Å². The molecule has 0 radical (unpaired) electrons. The Bertz CT molecular complexity index is 864. The highest BCUT2D eigenvalue weighted by Gasteiger charge is 2.18. The Labute approximate surface area is 154 Å². The van der Waals surface area contributed by atoms with E-state index in [1.807, 2.05) is 6.07 Å². The van der Waals surface area contributed by atoms with E-state index < -0.39 is 12.0 Å². The molecule has 6 nitrogen and oxygen atoms in total. The van der Waals surface area contributed by atoms with Crippen LogP contribution >= 0.6 is 23.2 Å². The Hall–Kier alpha value is -2.41. The second-order valence-electron chi connectivity index (χ2n) is 5.32. The fourth-order valence-electron chi connectivity index (χ4n) is 2.28. The molecule has 2 N–H and O–H groups in total. The van der Waals surface area contributed by atoms with Crippen LogP contribution in [0.15, 0.2) is 55.2 Å². The van der Waals surface area contributed by atoms with Gasteiger partial charge in [-0.2, -0.15) is 0 Å². The summed E-state index contributed by atoms with van der Waals surface area (Å²) in [6, 6.07) is 8.14.